The normalized spacial score (nSPS) is 10.9. The fourth-order valence-corrected chi connectivity index (χ4v) is 4.21. The van der Waals surface area contributed by atoms with E-state index in [9.17, 15) is 20.1 Å². The smallest absolute Gasteiger partial charge is 0.337 e. The predicted octanol–water partition coefficient (Wildman–Crippen LogP) is 4.75. The summed E-state index contributed by atoms with van der Waals surface area (Å²) in [7, 11) is 1.61. The Morgan fingerprint density at radius 1 is 1.10 bits per heavy atom. The lowest BCUT2D eigenvalue weighted by Gasteiger charge is -2.11. The van der Waals surface area contributed by atoms with Gasteiger partial charge in [0.2, 0.25) is 0 Å². The summed E-state index contributed by atoms with van der Waals surface area (Å²) in [6.45, 7) is 2.06. The highest BCUT2D eigenvalue weighted by Gasteiger charge is 2.20. The van der Waals surface area contributed by atoms with Crippen LogP contribution in [0.5, 0.6) is 17.2 Å². The van der Waals surface area contributed by atoms with Crippen molar-refractivity contribution in [1.29, 1.82) is 0 Å². The van der Waals surface area contributed by atoms with Gasteiger partial charge in [-0.25, -0.2) is 9.78 Å². The van der Waals surface area contributed by atoms with Crippen LogP contribution in [-0.4, -0.2) is 37.9 Å². The van der Waals surface area contributed by atoms with Crippen molar-refractivity contribution in [2.45, 2.75) is 13.5 Å². The highest BCUT2D eigenvalue weighted by atomic mass is 32.1. The van der Waals surface area contributed by atoms with Crippen molar-refractivity contribution in [2.24, 2.45) is 0 Å². The number of nitrogens with zero attached hydrogens (tertiary/aromatic N) is 2. The molecule has 4 rings (SSSR count). The van der Waals surface area contributed by atoms with Crippen LogP contribution in [0.4, 0.5) is 0 Å². The molecule has 0 aliphatic rings. The van der Waals surface area contributed by atoms with Crippen molar-refractivity contribution < 1.29 is 24.9 Å². The number of benzene rings is 2. The Bertz CT molecular complexity index is 1260. The molecule has 3 N–H and O–H groups in total. The van der Waals surface area contributed by atoms with Crippen molar-refractivity contribution in [3.05, 3.63) is 70.7 Å². The molecule has 4 aromatic rings. The van der Waals surface area contributed by atoms with Gasteiger partial charge in [0, 0.05) is 23.2 Å². The zero-order chi connectivity index (χ0) is 22.1. The van der Waals surface area contributed by atoms with E-state index in [2.05, 4.69) is 0 Å². The van der Waals surface area contributed by atoms with Gasteiger partial charge < -0.3 is 24.6 Å². The number of carboxylic acids is 1. The van der Waals surface area contributed by atoms with E-state index in [0.29, 0.717) is 23.6 Å². The molecule has 0 saturated heterocycles. The van der Waals surface area contributed by atoms with E-state index in [-0.39, 0.29) is 17.1 Å². The van der Waals surface area contributed by atoms with Crippen LogP contribution in [0, 0.1) is 6.92 Å². The molecule has 2 heterocycles. The number of hydrogen-bond donors (Lipinski definition) is 3. The SMILES string of the molecule is COc1ccc(-c2nc(-c3cc(C(=O)O)c(C)n3Cc3ccc(O)c(O)c3)cs2)cc1. The maximum atomic E-state index is 11.7. The molecule has 0 radical (unpaired) electrons. The van der Waals surface area contributed by atoms with Gasteiger partial charge in [-0.3, -0.25) is 0 Å². The van der Waals surface area contributed by atoms with Crippen LogP contribution in [0.3, 0.4) is 0 Å². The van der Waals surface area contributed by atoms with E-state index in [0.717, 1.165) is 21.9 Å². The van der Waals surface area contributed by atoms with Crippen LogP contribution < -0.4 is 4.74 Å². The van der Waals surface area contributed by atoms with Gasteiger partial charge in [-0.05, 0) is 55.0 Å². The molecule has 2 aromatic carbocycles. The average Bonchev–Trinajstić information content (AvgIpc) is 3.36. The molecule has 0 bridgehead atoms. The second-order valence-corrected chi connectivity index (χ2v) is 7.87. The summed E-state index contributed by atoms with van der Waals surface area (Å²) in [5.41, 5.74) is 3.76. The molecule has 0 atom stereocenters. The van der Waals surface area contributed by atoms with Crippen LogP contribution in [-0.2, 0) is 6.54 Å². The molecule has 0 unspecified atom stereocenters. The van der Waals surface area contributed by atoms with Crippen molar-refractivity contribution >= 4 is 17.3 Å². The average molecular weight is 436 g/mol. The molecular formula is C23H20N2O5S. The topological polar surface area (TPSA) is 105 Å². The number of methoxy groups -OCH3 is 1. The van der Waals surface area contributed by atoms with Crippen molar-refractivity contribution in [3.8, 4) is 39.2 Å². The first kappa shape index (κ1) is 20.5. The monoisotopic (exact) mass is 436 g/mol. The van der Waals surface area contributed by atoms with Gasteiger partial charge in [-0.2, -0.15) is 0 Å². The van der Waals surface area contributed by atoms with Gasteiger partial charge >= 0.3 is 5.97 Å². The third kappa shape index (κ3) is 3.97. The fraction of sp³-hybridized carbons (Fsp3) is 0.130. The number of phenolic OH excluding ortho intramolecular Hbond substituents is 2. The van der Waals surface area contributed by atoms with Crippen molar-refractivity contribution in [2.75, 3.05) is 7.11 Å². The van der Waals surface area contributed by atoms with E-state index in [1.165, 1.54) is 23.5 Å². The first-order chi connectivity index (χ1) is 14.9. The van der Waals surface area contributed by atoms with E-state index in [4.69, 9.17) is 9.72 Å². The zero-order valence-corrected chi connectivity index (χ0v) is 17.7. The minimum absolute atomic E-state index is 0.192. The lowest BCUT2D eigenvalue weighted by Crippen LogP contribution is -2.06. The van der Waals surface area contributed by atoms with Gasteiger partial charge in [-0.15, -0.1) is 11.3 Å². The fourth-order valence-electron chi connectivity index (χ4n) is 3.39. The second kappa shape index (κ2) is 8.16. The first-order valence-corrected chi connectivity index (χ1v) is 10.3. The summed E-state index contributed by atoms with van der Waals surface area (Å²) < 4.78 is 7.05. The third-order valence-electron chi connectivity index (χ3n) is 5.08. The number of rotatable bonds is 6. The van der Waals surface area contributed by atoms with Crippen LogP contribution in [0.25, 0.3) is 22.0 Å². The number of thiazole rings is 1. The van der Waals surface area contributed by atoms with Crippen LogP contribution in [0.2, 0.25) is 0 Å². The molecule has 0 aliphatic heterocycles. The molecule has 0 saturated carbocycles. The Labute approximate surface area is 182 Å². The van der Waals surface area contributed by atoms with Crippen molar-refractivity contribution in [1.82, 2.24) is 9.55 Å². The summed E-state index contributed by atoms with van der Waals surface area (Å²) in [5, 5.41) is 31.7. The number of aromatic nitrogens is 2. The second-order valence-electron chi connectivity index (χ2n) is 7.01. The Morgan fingerprint density at radius 2 is 1.84 bits per heavy atom. The Morgan fingerprint density at radius 3 is 2.48 bits per heavy atom. The summed E-state index contributed by atoms with van der Waals surface area (Å²) >= 11 is 1.47. The maximum absolute atomic E-state index is 11.7. The van der Waals surface area contributed by atoms with Gasteiger partial charge in [0.15, 0.2) is 11.5 Å². The molecule has 7 nitrogen and oxygen atoms in total. The third-order valence-corrected chi connectivity index (χ3v) is 5.97. The minimum Gasteiger partial charge on any atom is -0.504 e. The molecule has 0 aliphatic carbocycles. The van der Waals surface area contributed by atoms with E-state index in [1.807, 2.05) is 34.2 Å². The summed E-state index contributed by atoms with van der Waals surface area (Å²) in [6.07, 6.45) is 0. The maximum Gasteiger partial charge on any atom is 0.337 e. The van der Waals surface area contributed by atoms with Crippen LogP contribution in [0.1, 0.15) is 21.6 Å². The van der Waals surface area contributed by atoms with Gasteiger partial charge in [0.05, 0.1) is 24.1 Å². The van der Waals surface area contributed by atoms with Gasteiger partial charge in [0.1, 0.15) is 10.8 Å². The Hall–Kier alpha value is -3.78. The Kier molecular flexibility index (Phi) is 5.39. The van der Waals surface area contributed by atoms with E-state index < -0.39 is 5.97 Å². The Balaban J connectivity index is 1.75. The summed E-state index contributed by atoms with van der Waals surface area (Å²) in [4.78, 5) is 16.5. The van der Waals surface area contributed by atoms with E-state index in [1.54, 1.807) is 26.2 Å². The van der Waals surface area contributed by atoms with Crippen LogP contribution in [0.15, 0.2) is 53.9 Å². The number of aromatic carboxylic acids is 1. The number of carboxylic acid groups (broad SMARTS) is 1. The first-order valence-electron chi connectivity index (χ1n) is 9.42. The highest BCUT2D eigenvalue weighted by molar-refractivity contribution is 7.13. The standard InChI is InChI=1S/C23H20N2O5S/c1-13-17(23(28)29)10-19(25(13)11-14-3-8-20(26)21(27)9-14)18-12-31-22(24-18)15-4-6-16(30-2)7-5-15/h3-10,12,26-27H,11H2,1-2H3,(H,28,29). The number of hydrogen-bond acceptors (Lipinski definition) is 6. The molecule has 0 fully saturated rings. The molecular weight excluding hydrogens is 416 g/mol. The van der Waals surface area contributed by atoms with Gasteiger partial charge in [0.25, 0.3) is 0 Å². The lowest BCUT2D eigenvalue weighted by molar-refractivity contribution is 0.0696. The predicted molar refractivity (Wildman–Crippen MR) is 118 cm³/mol. The lowest BCUT2D eigenvalue weighted by atomic mass is 10.2. The molecule has 0 spiro atoms. The largest absolute Gasteiger partial charge is 0.504 e. The summed E-state index contributed by atoms with van der Waals surface area (Å²) in [5.74, 6) is -0.689. The minimum atomic E-state index is -1.02. The molecule has 8 heteroatoms. The quantitative estimate of drug-likeness (QED) is 0.377. The number of ether oxygens (including phenoxy) is 1. The van der Waals surface area contributed by atoms with Gasteiger partial charge in [-0.1, -0.05) is 6.07 Å². The molecule has 2 aromatic heterocycles. The van der Waals surface area contributed by atoms with Crippen LogP contribution >= 0.6 is 11.3 Å². The number of aromatic hydroxyl groups is 2. The molecule has 31 heavy (non-hydrogen) atoms. The number of phenols is 2. The zero-order valence-electron chi connectivity index (χ0n) is 16.9. The van der Waals surface area contributed by atoms with Crippen molar-refractivity contribution in [3.63, 3.8) is 0 Å². The summed E-state index contributed by atoms with van der Waals surface area (Å²) in [6, 6.07) is 13.7. The molecule has 0 amide bonds. The number of carbonyl (C=O) groups is 1. The highest BCUT2D eigenvalue weighted by Crippen LogP contribution is 2.33. The van der Waals surface area contributed by atoms with E-state index >= 15 is 0 Å². The molecule has 158 valence electrons.